The summed E-state index contributed by atoms with van der Waals surface area (Å²) in [6.07, 6.45) is 0. The lowest BCUT2D eigenvalue weighted by molar-refractivity contribution is 0.0993. The van der Waals surface area contributed by atoms with Gasteiger partial charge in [-0.05, 0) is 18.6 Å². The van der Waals surface area contributed by atoms with Crippen LogP contribution < -0.4 is 5.73 Å². The molecule has 2 aromatic rings. The summed E-state index contributed by atoms with van der Waals surface area (Å²) in [7, 11) is 1.72. The quantitative estimate of drug-likeness (QED) is 0.798. The van der Waals surface area contributed by atoms with E-state index in [0.29, 0.717) is 5.69 Å². The maximum Gasteiger partial charge on any atom is 0.267 e. The maximum atomic E-state index is 11.2. The van der Waals surface area contributed by atoms with Crippen LogP contribution in [-0.2, 0) is 7.05 Å². The van der Waals surface area contributed by atoms with Gasteiger partial charge in [-0.15, -0.1) is 12.4 Å². The molecule has 1 amide bonds. The Balaban J connectivity index is 0.00000112. The average Bonchev–Trinajstić information content (AvgIpc) is 2.42. The van der Waals surface area contributed by atoms with Crippen LogP contribution in [0, 0.1) is 6.92 Å². The van der Waals surface area contributed by atoms with Gasteiger partial charge in [-0.1, -0.05) is 12.1 Å². The lowest BCUT2D eigenvalue weighted by atomic mass is 10.1. The second-order valence-corrected chi connectivity index (χ2v) is 3.31. The second kappa shape index (κ2) is 3.90. The van der Waals surface area contributed by atoms with Gasteiger partial charge < -0.3 is 5.73 Å². The highest BCUT2D eigenvalue weighted by molar-refractivity contribution is 6.05. The second-order valence-electron chi connectivity index (χ2n) is 3.31. The Bertz CT molecular complexity index is 519. The Morgan fingerprint density at radius 2 is 2.13 bits per heavy atom. The molecule has 1 aromatic carbocycles. The summed E-state index contributed by atoms with van der Waals surface area (Å²) in [4.78, 5) is 11.2. The molecule has 1 heterocycles. The first kappa shape index (κ1) is 11.5. The summed E-state index contributed by atoms with van der Waals surface area (Å²) in [6.45, 7) is 1.94. The SMILES string of the molecule is Cc1cccc2nn(C)c(C(N)=O)c12.Cl. The number of fused-ring (bicyclic) bond motifs is 1. The minimum Gasteiger partial charge on any atom is -0.364 e. The van der Waals surface area contributed by atoms with Crippen molar-refractivity contribution in [3.05, 3.63) is 29.5 Å². The van der Waals surface area contributed by atoms with E-state index < -0.39 is 5.91 Å². The highest BCUT2D eigenvalue weighted by Gasteiger charge is 2.14. The van der Waals surface area contributed by atoms with Crippen LogP contribution in [0.3, 0.4) is 0 Å². The van der Waals surface area contributed by atoms with Crippen molar-refractivity contribution in [1.29, 1.82) is 0 Å². The van der Waals surface area contributed by atoms with Crippen molar-refractivity contribution < 1.29 is 4.79 Å². The van der Waals surface area contributed by atoms with Gasteiger partial charge in [-0.2, -0.15) is 5.10 Å². The van der Waals surface area contributed by atoms with E-state index in [-0.39, 0.29) is 12.4 Å². The number of amides is 1. The normalized spacial score (nSPS) is 10.0. The van der Waals surface area contributed by atoms with Gasteiger partial charge in [0.2, 0.25) is 0 Å². The lowest BCUT2D eigenvalue weighted by Gasteiger charge is -1.98. The van der Waals surface area contributed by atoms with Gasteiger partial charge in [0.05, 0.1) is 5.52 Å². The number of hydrogen-bond donors (Lipinski definition) is 1. The van der Waals surface area contributed by atoms with E-state index in [1.165, 1.54) is 4.68 Å². The number of benzene rings is 1. The fourth-order valence-corrected chi connectivity index (χ4v) is 1.70. The molecule has 0 aliphatic carbocycles. The molecule has 2 rings (SSSR count). The number of nitrogens with two attached hydrogens (primary N) is 1. The largest absolute Gasteiger partial charge is 0.364 e. The van der Waals surface area contributed by atoms with Gasteiger partial charge in [0.25, 0.3) is 5.91 Å². The number of primary amides is 1. The van der Waals surface area contributed by atoms with E-state index in [9.17, 15) is 4.79 Å². The van der Waals surface area contributed by atoms with Crippen molar-refractivity contribution in [3.8, 4) is 0 Å². The van der Waals surface area contributed by atoms with E-state index in [1.54, 1.807) is 7.05 Å². The molecule has 0 spiro atoms. The number of aryl methyl sites for hydroxylation is 2. The third kappa shape index (κ3) is 1.68. The van der Waals surface area contributed by atoms with Gasteiger partial charge in [-0.25, -0.2) is 0 Å². The molecule has 0 aliphatic rings. The molecule has 5 heteroatoms. The number of carbonyl (C=O) groups is 1. The molecule has 1 aromatic heterocycles. The summed E-state index contributed by atoms with van der Waals surface area (Å²) in [5, 5.41) is 5.06. The van der Waals surface area contributed by atoms with Crippen LogP contribution in [0.15, 0.2) is 18.2 Å². The molecule has 15 heavy (non-hydrogen) atoms. The zero-order valence-corrected chi connectivity index (χ0v) is 9.34. The van der Waals surface area contributed by atoms with Gasteiger partial charge in [-0.3, -0.25) is 9.48 Å². The van der Waals surface area contributed by atoms with Crippen molar-refractivity contribution >= 4 is 29.2 Å². The van der Waals surface area contributed by atoms with E-state index in [2.05, 4.69) is 5.10 Å². The molecule has 0 atom stereocenters. The number of nitrogens with zero attached hydrogens (tertiary/aromatic N) is 2. The maximum absolute atomic E-state index is 11.2. The Hall–Kier alpha value is -1.55. The fourth-order valence-electron chi connectivity index (χ4n) is 1.70. The molecule has 0 radical (unpaired) electrons. The zero-order valence-electron chi connectivity index (χ0n) is 8.52. The van der Waals surface area contributed by atoms with E-state index in [4.69, 9.17) is 5.73 Å². The van der Waals surface area contributed by atoms with Crippen molar-refractivity contribution in [2.75, 3.05) is 0 Å². The summed E-state index contributed by atoms with van der Waals surface area (Å²) in [6, 6.07) is 5.72. The molecular weight excluding hydrogens is 214 g/mol. The third-order valence-corrected chi connectivity index (χ3v) is 2.30. The number of rotatable bonds is 1. The predicted octanol–water partition coefficient (Wildman–Crippen LogP) is 1.40. The summed E-state index contributed by atoms with van der Waals surface area (Å²) < 4.78 is 1.53. The summed E-state index contributed by atoms with van der Waals surface area (Å²) in [5.74, 6) is -0.440. The van der Waals surface area contributed by atoms with Crippen LogP contribution in [0.5, 0.6) is 0 Å². The molecular formula is C10H12ClN3O. The number of aromatic nitrogens is 2. The standard InChI is InChI=1S/C10H11N3O.ClH/c1-6-4-3-5-7-8(6)9(10(11)14)13(2)12-7;/h3-5H,1-2H3,(H2,11,14);1H. The van der Waals surface area contributed by atoms with Crippen LogP contribution in [0.4, 0.5) is 0 Å². The predicted molar refractivity (Wildman–Crippen MR) is 61.2 cm³/mol. The summed E-state index contributed by atoms with van der Waals surface area (Å²) in [5.41, 5.74) is 7.59. The first-order chi connectivity index (χ1) is 6.61. The van der Waals surface area contributed by atoms with Crippen molar-refractivity contribution in [2.45, 2.75) is 6.92 Å². The molecule has 0 saturated carbocycles. The summed E-state index contributed by atoms with van der Waals surface area (Å²) >= 11 is 0. The Morgan fingerprint density at radius 3 is 2.73 bits per heavy atom. The van der Waals surface area contributed by atoms with Gasteiger partial charge >= 0.3 is 0 Å². The highest BCUT2D eigenvalue weighted by Crippen LogP contribution is 2.20. The number of hydrogen-bond acceptors (Lipinski definition) is 2. The topological polar surface area (TPSA) is 60.9 Å². The average molecular weight is 226 g/mol. The third-order valence-electron chi connectivity index (χ3n) is 2.30. The molecule has 0 aliphatic heterocycles. The minimum absolute atomic E-state index is 0. The van der Waals surface area contributed by atoms with Crippen LogP contribution in [0.25, 0.3) is 10.9 Å². The highest BCUT2D eigenvalue weighted by atomic mass is 35.5. The van der Waals surface area contributed by atoms with Crippen LogP contribution in [-0.4, -0.2) is 15.7 Å². The van der Waals surface area contributed by atoms with Gasteiger partial charge in [0.1, 0.15) is 5.69 Å². The lowest BCUT2D eigenvalue weighted by Crippen LogP contribution is -2.16. The number of carbonyl (C=O) groups excluding carboxylic acids is 1. The molecule has 0 unspecified atom stereocenters. The molecule has 0 fully saturated rings. The Kier molecular flexibility index (Phi) is 3.00. The van der Waals surface area contributed by atoms with Crippen molar-refractivity contribution in [1.82, 2.24) is 9.78 Å². The smallest absolute Gasteiger partial charge is 0.267 e. The van der Waals surface area contributed by atoms with Crippen molar-refractivity contribution in [3.63, 3.8) is 0 Å². The van der Waals surface area contributed by atoms with Crippen LogP contribution in [0.1, 0.15) is 16.1 Å². The van der Waals surface area contributed by atoms with Crippen LogP contribution in [0.2, 0.25) is 0 Å². The van der Waals surface area contributed by atoms with Crippen molar-refractivity contribution in [2.24, 2.45) is 12.8 Å². The minimum atomic E-state index is -0.440. The first-order valence-electron chi connectivity index (χ1n) is 4.33. The Morgan fingerprint density at radius 1 is 1.47 bits per heavy atom. The molecule has 0 saturated heterocycles. The fraction of sp³-hybridized carbons (Fsp3) is 0.200. The van der Waals surface area contributed by atoms with Crippen LogP contribution >= 0.6 is 12.4 Å². The molecule has 80 valence electrons. The molecule has 0 bridgehead atoms. The molecule has 2 N–H and O–H groups in total. The molecule has 4 nitrogen and oxygen atoms in total. The zero-order chi connectivity index (χ0) is 10.3. The number of halogens is 1. The Labute approximate surface area is 93.5 Å². The van der Waals surface area contributed by atoms with E-state index in [1.807, 2.05) is 25.1 Å². The van der Waals surface area contributed by atoms with Gasteiger partial charge in [0, 0.05) is 12.4 Å². The van der Waals surface area contributed by atoms with Gasteiger partial charge in [0.15, 0.2) is 0 Å². The van der Waals surface area contributed by atoms with E-state index in [0.717, 1.165) is 16.5 Å². The first-order valence-corrected chi connectivity index (χ1v) is 4.33. The van der Waals surface area contributed by atoms with E-state index >= 15 is 0 Å². The monoisotopic (exact) mass is 225 g/mol.